The molecule has 0 heterocycles. The van der Waals surface area contributed by atoms with Crippen LogP contribution >= 0.6 is 11.6 Å². The lowest BCUT2D eigenvalue weighted by Gasteiger charge is -2.15. The predicted octanol–water partition coefficient (Wildman–Crippen LogP) is 4.01. The molecule has 0 aromatic heterocycles. The zero-order valence-electron chi connectivity index (χ0n) is 16.2. The van der Waals surface area contributed by atoms with Crippen molar-refractivity contribution in [2.75, 3.05) is 19.0 Å². The average molecular weight is 435 g/mol. The van der Waals surface area contributed by atoms with E-state index in [1.165, 1.54) is 38.3 Å². The van der Waals surface area contributed by atoms with E-state index in [2.05, 4.69) is 11.9 Å². The Kier molecular flexibility index (Phi) is 7.76. The summed E-state index contributed by atoms with van der Waals surface area (Å²) in [7, 11) is 1.43. The number of methoxy groups -OCH3 is 1. The largest absolute Gasteiger partial charge is 0.493 e. The number of nitrogens with zero attached hydrogens (tertiary/aromatic N) is 1. The van der Waals surface area contributed by atoms with E-state index in [1.54, 1.807) is 12.1 Å². The molecule has 1 atom stereocenters. The smallest absolute Gasteiger partial charge is 0.339 e. The Morgan fingerprint density at radius 1 is 1.27 bits per heavy atom. The lowest BCUT2D eigenvalue weighted by Crippen LogP contribution is -2.30. The lowest BCUT2D eigenvalue weighted by molar-refractivity contribution is -0.384. The van der Waals surface area contributed by atoms with Crippen LogP contribution in [0.1, 0.15) is 17.3 Å². The van der Waals surface area contributed by atoms with Gasteiger partial charge in [-0.3, -0.25) is 14.9 Å². The molecule has 1 N–H and O–H groups in total. The van der Waals surface area contributed by atoms with Crippen molar-refractivity contribution in [2.45, 2.75) is 13.0 Å². The highest BCUT2D eigenvalue weighted by molar-refractivity contribution is 6.34. The number of ether oxygens (including phenoxy) is 3. The molecule has 158 valence electrons. The molecular formula is C20H19ClN2O7. The first-order valence-electron chi connectivity index (χ1n) is 8.64. The second-order valence-corrected chi connectivity index (χ2v) is 6.33. The third-order valence-electron chi connectivity index (χ3n) is 3.83. The van der Waals surface area contributed by atoms with Crippen LogP contribution in [0.15, 0.2) is 49.1 Å². The van der Waals surface area contributed by atoms with E-state index >= 15 is 0 Å². The van der Waals surface area contributed by atoms with Crippen LogP contribution in [0.3, 0.4) is 0 Å². The Balaban J connectivity index is 2.05. The van der Waals surface area contributed by atoms with Gasteiger partial charge in [0.1, 0.15) is 6.61 Å². The van der Waals surface area contributed by atoms with E-state index < -0.39 is 22.9 Å². The fourth-order valence-corrected chi connectivity index (χ4v) is 2.52. The standard InChI is InChI=1S/C20H19ClN2O7/c1-4-9-29-17-8-5-13(10-18(17)28-3)20(25)30-12(2)19(24)22-16-7-6-14(23(26)27)11-15(16)21/h4-8,10-12H,1,9H2,2-3H3,(H,22,24). The minimum Gasteiger partial charge on any atom is -0.493 e. The van der Waals surface area contributed by atoms with Crippen molar-refractivity contribution >= 4 is 34.9 Å². The van der Waals surface area contributed by atoms with E-state index in [4.69, 9.17) is 25.8 Å². The topological polar surface area (TPSA) is 117 Å². The van der Waals surface area contributed by atoms with Crippen molar-refractivity contribution in [2.24, 2.45) is 0 Å². The van der Waals surface area contributed by atoms with Crippen molar-refractivity contribution in [3.63, 3.8) is 0 Å². The Morgan fingerprint density at radius 2 is 2.00 bits per heavy atom. The first kappa shape index (κ1) is 22.7. The number of hydrogen-bond acceptors (Lipinski definition) is 7. The second kappa shape index (κ2) is 10.3. The molecule has 0 aliphatic carbocycles. The van der Waals surface area contributed by atoms with Gasteiger partial charge in [0.2, 0.25) is 0 Å². The molecular weight excluding hydrogens is 416 g/mol. The van der Waals surface area contributed by atoms with Gasteiger partial charge in [0.15, 0.2) is 17.6 Å². The van der Waals surface area contributed by atoms with Crippen LogP contribution in [0.25, 0.3) is 0 Å². The van der Waals surface area contributed by atoms with Crippen LogP contribution in [0.5, 0.6) is 11.5 Å². The third kappa shape index (κ3) is 5.71. The molecule has 30 heavy (non-hydrogen) atoms. The number of hydrogen-bond donors (Lipinski definition) is 1. The molecule has 9 nitrogen and oxygen atoms in total. The summed E-state index contributed by atoms with van der Waals surface area (Å²) in [4.78, 5) is 34.8. The van der Waals surface area contributed by atoms with Gasteiger partial charge in [0.05, 0.1) is 28.3 Å². The summed E-state index contributed by atoms with van der Waals surface area (Å²) in [6.45, 7) is 5.20. The van der Waals surface area contributed by atoms with Gasteiger partial charge < -0.3 is 19.5 Å². The van der Waals surface area contributed by atoms with Gasteiger partial charge >= 0.3 is 5.97 Å². The molecule has 2 rings (SSSR count). The predicted molar refractivity (Wildman–Crippen MR) is 110 cm³/mol. The van der Waals surface area contributed by atoms with Crippen LogP contribution in [0.2, 0.25) is 5.02 Å². The summed E-state index contributed by atoms with van der Waals surface area (Å²) < 4.78 is 15.8. The number of rotatable bonds is 9. The number of carbonyl (C=O) groups is 2. The number of benzene rings is 2. The van der Waals surface area contributed by atoms with Gasteiger partial charge in [-0.05, 0) is 31.2 Å². The van der Waals surface area contributed by atoms with E-state index in [9.17, 15) is 19.7 Å². The molecule has 0 saturated carbocycles. The van der Waals surface area contributed by atoms with Crippen molar-refractivity contribution in [1.82, 2.24) is 0 Å². The number of halogens is 1. The maximum Gasteiger partial charge on any atom is 0.339 e. The van der Waals surface area contributed by atoms with Gasteiger partial charge in [-0.25, -0.2) is 4.79 Å². The number of non-ortho nitro benzene ring substituents is 1. The molecule has 0 spiro atoms. The van der Waals surface area contributed by atoms with Crippen LogP contribution in [-0.2, 0) is 9.53 Å². The molecule has 0 bridgehead atoms. The fraction of sp³-hybridized carbons (Fsp3) is 0.200. The molecule has 10 heteroatoms. The highest BCUT2D eigenvalue weighted by Crippen LogP contribution is 2.29. The Morgan fingerprint density at radius 3 is 2.60 bits per heavy atom. The van der Waals surface area contributed by atoms with Crippen molar-refractivity contribution in [1.29, 1.82) is 0 Å². The van der Waals surface area contributed by atoms with E-state index in [0.29, 0.717) is 11.5 Å². The summed E-state index contributed by atoms with van der Waals surface area (Å²) in [6, 6.07) is 8.04. The quantitative estimate of drug-likeness (QED) is 0.274. The molecule has 1 amide bonds. The minimum absolute atomic E-state index is 0.0177. The number of amides is 1. The van der Waals surface area contributed by atoms with E-state index in [1.807, 2.05) is 0 Å². The monoisotopic (exact) mass is 434 g/mol. The fourth-order valence-electron chi connectivity index (χ4n) is 2.30. The number of nitro benzene ring substituents is 1. The van der Waals surface area contributed by atoms with Gasteiger partial charge in [-0.2, -0.15) is 0 Å². The summed E-state index contributed by atoms with van der Waals surface area (Å²) in [6.07, 6.45) is 0.408. The molecule has 1 unspecified atom stereocenters. The van der Waals surface area contributed by atoms with Gasteiger partial charge in [0, 0.05) is 12.1 Å². The molecule has 0 radical (unpaired) electrons. The molecule has 0 aliphatic heterocycles. The summed E-state index contributed by atoms with van der Waals surface area (Å²) >= 11 is 5.95. The molecule has 0 fully saturated rings. The van der Waals surface area contributed by atoms with Crippen LogP contribution in [-0.4, -0.2) is 36.6 Å². The van der Waals surface area contributed by atoms with Crippen LogP contribution < -0.4 is 14.8 Å². The van der Waals surface area contributed by atoms with Crippen molar-refractivity contribution < 1.29 is 28.7 Å². The van der Waals surface area contributed by atoms with Crippen LogP contribution in [0.4, 0.5) is 11.4 Å². The van der Waals surface area contributed by atoms with Gasteiger partial charge in [-0.15, -0.1) is 0 Å². The third-order valence-corrected chi connectivity index (χ3v) is 4.14. The maximum absolute atomic E-state index is 12.4. The molecule has 2 aromatic rings. The summed E-state index contributed by atoms with van der Waals surface area (Å²) in [5.74, 6) is -0.661. The number of nitrogens with one attached hydrogen (secondary N) is 1. The minimum atomic E-state index is -1.16. The first-order chi connectivity index (χ1) is 14.3. The summed E-state index contributed by atoms with van der Waals surface area (Å²) in [5.41, 5.74) is 0.0957. The van der Waals surface area contributed by atoms with Crippen LogP contribution in [0, 0.1) is 10.1 Å². The van der Waals surface area contributed by atoms with Gasteiger partial charge in [0.25, 0.3) is 11.6 Å². The zero-order valence-corrected chi connectivity index (χ0v) is 17.0. The maximum atomic E-state index is 12.4. The normalized spacial score (nSPS) is 11.2. The second-order valence-electron chi connectivity index (χ2n) is 5.92. The van der Waals surface area contributed by atoms with Crippen molar-refractivity contribution in [3.8, 4) is 11.5 Å². The number of carbonyl (C=O) groups excluding carboxylic acids is 2. The first-order valence-corrected chi connectivity index (χ1v) is 9.02. The molecule has 0 aliphatic rings. The van der Waals surface area contributed by atoms with Gasteiger partial charge in [-0.1, -0.05) is 24.3 Å². The zero-order chi connectivity index (χ0) is 22.3. The van der Waals surface area contributed by atoms with Crippen molar-refractivity contribution in [3.05, 3.63) is 69.8 Å². The Hall–Kier alpha value is -3.59. The molecule has 0 saturated heterocycles. The molecule has 2 aromatic carbocycles. The van der Waals surface area contributed by atoms with E-state index in [0.717, 1.165) is 6.07 Å². The van der Waals surface area contributed by atoms with E-state index in [-0.39, 0.29) is 28.6 Å². The highest BCUT2D eigenvalue weighted by atomic mass is 35.5. The SMILES string of the molecule is C=CCOc1ccc(C(=O)OC(C)C(=O)Nc2ccc([N+](=O)[O-])cc2Cl)cc1OC. The highest BCUT2D eigenvalue weighted by Gasteiger charge is 2.21. The number of nitro groups is 1. The lowest BCUT2D eigenvalue weighted by atomic mass is 10.2. The number of esters is 1. The Bertz CT molecular complexity index is 978. The average Bonchev–Trinajstić information content (AvgIpc) is 2.73. The number of anilines is 1. The summed E-state index contributed by atoms with van der Waals surface area (Å²) in [5, 5.41) is 13.2. The Labute approximate surface area is 177 Å².